The maximum absolute atomic E-state index is 14.4. The zero-order chi connectivity index (χ0) is 31.0. The molecule has 0 aromatic heterocycles. The minimum Gasteiger partial charge on any atom is -0.352 e. The predicted octanol–water partition coefficient (Wildman–Crippen LogP) is 6.32. The van der Waals surface area contributed by atoms with Crippen molar-refractivity contribution in [1.82, 2.24) is 10.2 Å². The highest BCUT2D eigenvalue weighted by atomic mass is 35.5. The molecule has 1 atom stereocenters. The van der Waals surface area contributed by atoms with Gasteiger partial charge in [0.05, 0.1) is 11.9 Å². The van der Waals surface area contributed by atoms with E-state index in [2.05, 4.69) is 5.32 Å². The standard InChI is InChI=1S/C34H42ClN3O4S/c1-25(2)29-19-11-13-21-31(29)38(43(3,41)42)24-33(39)37(23-27-16-10-12-20-30(27)35)32(22-26-14-6-4-7-15-26)34(40)36-28-17-8-5-9-18-28/h4,6-7,10-16,19-21,25,28,32H,5,8-9,17-18,22-24H2,1-3H3,(H,36,40)/t32-/m0/s1. The summed E-state index contributed by atoms with van der Waals surface area (Å²) < 4.78 is 27.5. The van der Waals surface area contributed by atoms with Gasteiger partial charge in [0.2, 0.25) is 21.8 Å². The van der Waals surface area contributed by atoms with Crippen molar-refractivity contribution in [2.75, 3.05) is 17.1 Å². The first-order chi connectivity index (χ1) is 20.5. The molecule has 0 bridgehead atoms. The van der Waals surface area contributed by atoms with Gasteiger partial charge in [-0.15, -0.1) is 0 Å². The van der Waals surface area contributed by atoms with Gasteiger partial charge in [-0.3, -0.25) is 13.9 Å². The van der Waals surface area contributed by atoms with Crippen molar-refractivity contribution in [2.45, 2.75) is 76.9 Å². The Balaban J connectivity index is 1.76. The topological polar surface area (TPSA) is 86.8 Å². The van der Waals surface area contributed by atoms with Gasteiger partial charge in [-0.25, -0.2) is 8.42 Å². The monoisotopic (exact) mass is 623 g/mol. The van der Waals surface area contributed by atoms with E-state index >= 15 is 0 Å². The largest absolute Gasteiger partial charge is 0.352 e. The average molecular weight is 624 g/mol. The third-order valence-corrected chi connectivity index (χ3v) is 9.52. The van der Waals surface area contributed by atoms with Crippen LogP contribution in [0.5, 0.6) is 0 Å². The lowest BCUT2D eigenvalue weighted by molar-refractivity contribution is -0.140. The van der Waals surface area contributed by atoms with Gasteiger partial charge in [0.1, 0.15) is 12.6 Å². The van der Waals surface area contributed by atoms with Crippen LogP contribution in [0.2, 0.25) is 5.02 Å². The molecule has 1 saturated carbocycles. The molecular formula is C34H42ClN3O4S. The van der Waals surface area contributed by atoms with Crippen molar-refractivity contribution in [1.29, 1.82) is 0 Å². The molecule has 43 heavy (non-hydrogen) atoms. The molecule has 3 aromatic rings. The fourth-order valence-electron chi connectivity index (χ4n) is 5.71. The van der Waals surface area contributed by atoms with Crippen LogP contribution in [-0.4, -0.2) is 50.0 Å². The Morgan fingerprint density at radius 1 is 0.907 bits per heavy atom. The van der Waals surface area contributed by atoms with Crippen LogP contribution < -0.4 is 9.62 Å². The maximum Gasteiger partial charge on any atom is 0.244 e. The maximum atomic E-state index is 14.4. The average Bonchev–Trinajstić information content (AvgIpc) is 2.99. The van der Waals surface area contributed by atoms with Crippen LogP contribution in [0.15, 0.2) is 78.9 Å². The number of hydrogen-bond acceptors (Lipinski definition) is 4. The highest BCUT2D eigenvalue weighted by molar-refractivity contribution is 7.92. The Kier molecular flexibility index (Phi) is 11.3. The highest BCUT2D eigenvalue weighted by Crippen LogP contribution is 2.30. The molecule has 0 radical (unpaired) electrons. The third kappa shape index (κ3) is 8.83. The van der Waals surface area contributed by atoms with E-state index in [0.717, 1.165) is 53.8 Å². The summed E-state index contributed by atoms with van der Waals surface area (Å²) in [5.74, 6) is -0.699. The molecule has 1 fully saturated rings. The Hall–Kier alpha value is -3.36. The SMILES string of the molecule is CC(C)c1ccccc1N(CC(=O)N(Cc1ccccc1Cl)[C@@H](Cc1ccccc1)C(=O)NC1CCCCC1)S(C)(=O)=O. The third-order valence-electron chi connectivity index (χ3n) is 8.03. The summed E-state index contributed by atoms with van der Waals surface area (Å²) in [7, 11) is -3.85. The number of para-hydroxylation sites is 1. The quantitative estimate of drug-likeness (QED) is 0.256. The molecule has 0 unspecified atom stereocenters. The van der Waals surface area contributed by atoms with Crippen molar-refractivity contribution in [3.63, 3.8) is 0 Å². The molecule has 2 amide bonds. The van der Waals surface area contributed by atoms with E-state index in [0.29, 0.717) is 16.3 Å². The Labute approximate surface area is 261 Å². The Morgan fingerprint density at radius 3 is 2.19 bits per heavy atom. The van der Waals surface area contributed by atoms with Gasteiger partial charge in [0.25, 0.3) is 0 Å². The lowest BCUT2D eigenvalue weighted by atomic mass is 9.94. The molecule has 230 valence electrons. The lowest BCUT2D eigenvalue weighted by Gasteiger charge is -2.35. The molecule has 1 aliphatic rings. The van der Waals surface area contributed by atoms with Gasteiger partial charge in [-0.1, -0.05) is 111 Å². The van der Waals surface area contributed by atoms with Gasteiger partial charge >= 0.3 is 0 Å². The molecule has 9 heteroatoms. The van der Waals surface area contributed by atoms with Crippen LogP contribution in [-0.2, 0) is 32.6 Å². The molecule has 0 saturated heterocycles. The molecule has 4 rings (SSSR count). The van der Waals surface area contributed by atoms with E-state index in [1.165, 1.54) is 4.90 Å². The first kappa shape index (κ1) is 32.6. The van der Waals surface area contributed by atoms with E-state index in [9.17, 15) is 18.0 Å². The second-order valence-electron chi connectivity index (χ2n) is 11.6. The van der Waals surface area contributed by atoms with Crippen molar-refractivity contribution < 1.29 is 18.0 Å². The van der Waals surface area contributed by atoms with Crippen LogP contribution in [0, 0.1) is 0 Å². The normalized spacial score (nSPS) is 14.7. The van der Waals surface area contributed by atoms with Gasteiger partial charge < -0.3 is 10.2 Å². The van der Waals surface area contributed by atoms with Crippen LogP contribution >= 0.6 is 11.6 Å². The summed E-state index contributed by atoms with van der Waals surface area (Å²) in [6.45, 7) is 3.57. The molecular weight excluding hydrogens is 582 g/mol. The summed E-state index contributed by atoms with van der Waals surface area (Å²) in [6, 6.07) is 23.2. The lowest BCUT2D eigenvalue weighted by Crippen LogP contribution is -2.55. The zero-order valence-electron chi connectivity index (χ0n) is 25.2. The van der Waals surface area contributed by atoms with Gasteiger partial charge in [-0.2, -0.15) is 0 Å². The van der Waals surface area contributed by atoms with Crippen molar-refractivity contribution in [3.05, 3.63) is 101 Å². The number of carbonyl (C=O) groups excluding carboxylic acids is 2. The Bertz CT molecular complexity index is 1490. The second-order valence-corrected chi connectivity index (χ2v) is 14.0. The number of sulfonamides is 1. The predicted molar refractivity (Wildman–Crippen MR) is 174 cm³/mol. The molecule has 3 aromatic carbocycles. The molecule has 0 heterocycles. The number of nitrogens with one attached hydrogen (secondary N) is 1. The fraction of sp³-hybridized carbons (Fsp3) is 0.412. The summed E-state index contributed by atoms with van der Waals surface area (Å²) in [5, 5.41) is 3.69. The van der Waals surface area contributed by atoms with Crippen LogP contribution in [0.25, 0.3) is 0 Å². The fourth-order valence-corrected chi connectivity index (χ4v) is 6.77. The van der Waals surface area contributed by atoms with Crippen LogP contribution in [0.3, 0.4) is 0 Å². The smallest absolute Gasteiger partial charge is 0.244 e. The summed E-state index contributed by atoms with van der Waals surface area (Å²) in [5.41, 5.74) is 2.84. The molecule has 1 N–H and O–H groups in total. The molecule has 1 aliphatic carbocycles. The van der Waals surface area contributed by atoms with Crippen molar-refractivity contribution >= 4 is 39.1 Å². The van der Waals surface area contributed by atoms with Gasteiger partial charge in [0, 0.05) is 24.0 Å². The van der Waals surface area contributed by atoms with Gasteiger partial charge in [0.15, 0.2) is 0 Å². The van der Waals surface area contributed by atoms with E-state index in [-0.39, 0.29) is 30.8 Å². The Morgan fingerprint density at radius 2 is 1.53 bits per heavy atom. The van der Waals surface area contributed by atoms with Crippen LogP contribution in [0.1, 0.15) is 68.6 Å². The summed E-state index contributed by atoms with van der Waals surface area (Å²) >= 11 is 6.56. The highest BCUT2D eigenvalue weighted by Gasteiger charge is 2.34. The van der Waals surface area contributed by atoms with Crippen molar-refractivity contribution in [2.24, 2.45) is 0 Å². The first-order valence-corrected chi connectivity index (χ1v) is 17.2. The second kappa shape index (κ2) is 14.9. The van der Waals surface area contributed by atoms with E-state index in [4.69, 9.17) is 11.6 Å². The number of benzene rings is 3. The van der Waals surface area contributed by atoms with Crippen LogP contribution in [0.4, 0.5) is 5.69 Å². The summed E-state index contributed by atoms with van der Waals surface area (Å²) in [4.78, 5) is 30.0. The number of halogens is 1. The molecule has 7 nitrogen and oxygen atoms in total. The van der Waals surface area contributed by atoms with Crippen molar-refractivity contribution in [3.8, 4) is 0 Å². The number of anilines is 1. The first-order valence-electron chi connectivity index (χ1n) is 15.0. The zero-order valence-corrected chi connectivity index (χ0v) is 26.8. The number of rotatable bonds is 12. The van der Waals surface area contributed by atoms with Gasteiger partial charge in [-0.05, 0) is 47.6 Å². The number of nitrogens with zero attached hydrogens (tertiary/aromatic N) is 2. The summed E-state index contributed by atoms with van der Waals surface area (Å²) in [6.07, 6.45) is 6.43. The molecule has 0 spiro atoms. The number of carbonyl (C=O) groups is 2. The minimum atomic E-state index is -3.85. The number of amides is 2. The number of hydrogen-bond donors (Lipinski definition) is 1. The van der Waals surface area contributed by atoms with E-state index in [1.807, 2.05) is 74.5 Å². The van der Waals surface area contributed by atoms with E-state index < -0.39 is 28.5 Å². The molecule has 0 aliphatic heterocycles. The van der Waals surface area contributed by atoms with E-state index in [1.54, 1.807) is 18.2 Å². The minimum absolute atomic E-state index is 0.0295.